The molecule has 0 aromatic heterocycles. The molecule has 1 aromatic rings. The zero-order chi connectivity index (χ0) is 12.7. The smallest absolute Gasteiger partial charge is 0.120 e. The molecule has 0 atom stereocenters. The van der Waals surface area contributed by atoms with E-state index in [1.165, 1.54) is 0 Å². The summed E-state index contributed by atoms with van der Waals surface area (Å²) in [7, 11) is 5.45. The van der Waals surface area contributed by atoms with Crippen LogP contribution in [0.15, 0.2) is 18.2 Å². The highest BCUT2D eigenvalue weighted by Crippen LogP contribution is 2.20. The van der Waals surface area contributed by atoms with E-state index in [1.54, 1.807) is 14.2 Å². The minimum absolute atomic E-state index is 0.781. The molecule has 96 valence electrons. The van der Waals surface area contributed by atoms with E-state index in [0.29, 0.717) is 0 Å². The number of nitrogens with zero attached hydrogens (tertiary/aromatic N) is 1. The van der Waals surface area contributed by atoms with E-state index in [4.69, 9.17) is 15.2 Å². The van der Waals surface area contributed by atoms with Gasteiger partial charge in [-0.25, -0.2) is 0 Å². The molecule has 0 saturated carbocycles. The van der Waals surface area contributed by atoms with Gasteiger partial charge < -0.3 is 20.1 Å². The van der Waals surface area contributed by atoms with Gasteiger partial charge in [0, 0.05) is 38.6 Å². The maximum atomic E-state index is 5.97. The minimum Gasteiger partial charge on any atom is -0.497 e. The Kier molecular flexibility index (Phi) is 5.80. The van der Waals surface area contributed by atoms with Crippen LogP contribution in [0.4, 0.5) is 5.69 Å². The largest absolute Gasteiger partial charge is 0.497 e. The van der Waals surface area contributed by atoms with Gasteiger partial charge in [-0.05, 0) is 25.1 Å². The molecule has 1 rings (SSSR count). The van der Waals surface area contributed by atoms with Crippen molar-refractivity contribution < 1.29 is 9.47 Å². The SMILES string of the molecule is COCCCN(C)Cc1ccc(OC)cc1N. The number of rotatable bonds is 7. The van der Waals surface area contributed by atoms with Crippen molar-refractivity contribution in [3.63, 3.8) is 0 Å². The topological polar surface area (TPSA) is 47.7 Å². The first kappa shape index (κ1) is 13.8. The number of anilines is 1. The fourth-order valence-electron chi connectivity index (χ4n) is 1.69. The zero-order valence-electron chi connectivity index (χ0n) is 10.9. The molecule has 17 heavy (non-hydrogen) atoms. The van der Waals surface area contributed by atoms with Gasteiger partial charge in [0.2, 0.25) is 0 Å². The Hall–Kier alpha value is -1.26. The molecule has 0 saturated heterocycles. The Morgan fingerprint density at radius 1 is 1.29 bits per heavy atom. The number of benzene rings is 1. The summed E-state index contributed by atoms with van der Waals surface area (Å²) in [5, 5.41) is 0. The van der Waals surface area contributed by atoms with E-state index in [9.17, 15) is 0 Å². The van der Waals surface area contributed by atoms with Crippen LogP contribution in [0.3, 0.4) is 0 Å². The molecular formula is C13H22N2O2. The second kappa shape index (κ2) is 7.14. The lowest BCUT2D eigenvalue weighted by Crippen LogP contribution is -2.20. The monoisotopic (exact) mass is 238 g/mol. The first-order valence-electron chi connectivity index (χ1n) is 5.77. The Labute approximate surface area is 103 Å². The molecule has 0 fully saturated rings. The lowest BCUT2D eigenvalue weighted by molar-refractivity contribution is 0.178. The first-order chi connectivity index (χ1) is 8.17. The fraction of sp³-hybridized carbons (Fsp3) is 0.538. The molecule has 0 unspecified atom stereocenters. The van der Waals surface area contributed by atoms with Crippen LogP contribution in [0.25, 0.3) is 0 Å². The van der Waals surface area contributed by atoms with Crippen molar-refractivity contribution in [3.8, 4) is 5.75 Å². The standard InChI is InChI=1S/C13H22N2O2/c1-15(7-4-8-16-2)10-11-5-6-12(17-3)9-13(11)14/h5-6,9H,4,7-8,10,14H2,1-3H3. The average Bonchev–Trinajstić information content (AvgIpc) is 2.32. The third kappa shape index (κ3) is 4.63. The predicted molar refractivity (Wildman–Crippen MR) is 70.2 cm³/mol. The highest BCUT2D eigenvalue weighted by molar-refractivity contribution is 5.51. The van der Waals surface area contributed by atoms with Crippen molar-refractivity contribution in [3.05, 3.63) is 23.8 Å². The molecule has 0 aliphatic rings. The summed E-state index contributed by atoms with van der Waals surface area (Å²) in [6.45, 7) is 2.64. The molecule has 1 aromatic carbocycles. The Morgan fingerprint density at radius 2 is 2.06 bits per heavy atom. The Bertz CT molecular complexity index is 342. The molecule has 4 heteroatoms. The van der Waals surface area contributed by atoms with Crippen molar-refractivity contribution in [2.24, 2.45) is 0 Å². The molecule has 2 N–H and O–H groups in total. The Balaban J connectivity index is 2.50. The minimum atomic E-state index is 0.781. The van der Waals surface area contributed by atoms with Gasteiger partial charge in [-0.2, -0.15) is 0 Å². The molecule has 0 aliphatic heterocycles. The van der Waals surface area contributed by atoms with Crippen LogP contribution in [-0.2, 0) is 11.3 Å². The predicted octanol–water partition coefficient (Wildman–Crippen LogP) is 1.75. The molecule has 0 aliphatic carbocycles. The third-order valence-electron chi connectivity index (χ3n) is 2.68. The molecular weight excluding hydrogens is 216 g/mol. The van der Waals surface area contributed by atoms with Crippen LogP contribution in [0.2, 0.25) is 0 Å². The quantitative estimate of drug-likeness (QED) is 0.580. The molecule has 0 radical (unpaired) electrons. The lowest BCUT2D eigenvalue weighted by atomic mass is 10.1. The Morgan fingerprint density at radius 3 is 2.65 bits per heavy atom. The van der Waals surface area contributed by atoms with E-state index in [-0.39, 0.29) is 0 Å². The van der Waals surface area contributed by atoms with Crippen LogP contribution < -0.4 is 10.5 Å². The van der Waals surface area contributed by atoms with Crippen LogP contribution in [0.1, 0.15) is 12.0 Å². The number of nitrogens with two attached hydrogens (primary N) is 1. The number of methoxy groups -OCH3 is 2. The second-order valence-electron chi connectivity index (χ2n) is 4.15. The maximum Gasteiger partial charge on any atom is 0.120 e. The van der Waals surface area contributed by atoms with E-state index >= 15 is 0 Å². The molecule has 0 heterocycles. The van der Waals surface area contributed by atoms with Gasteiger partial charge in [0.05, 0.1) is 7.11 Å². The van der Waals surface area contributed by atoms with Crippen molar-refractivity contribution in [2.75, 3.05) is 40.2 Å². The lowest BCUT2D eigenvalue weighted by Gasteiger charge is -2.17. The molecule has 4 nitrogen and oxygen atoms in total. The molecule has 0 amide bonds. The third-order valence-corrected chi connectivity index (χ3v) is 2.68. The number of ether oxygens (including phenoxy) is 2. The summed E-state index contributed by atoms with van der Waals surface area (Å²) < 4.78 is 10.2. The summed E-state index contributed by atoms with van der Waals surface area (Å²) in [4.78, 5) is 2.23. The van der Waals surface area contributed by atoms with E-state index in [1.807, 2.05) is 18.2 Å². The van der Waals surface area contributed by atoms with Gasteiger partial charge in [-0.1, -0.05) is 6.07 Å². The van der Waals surface area contributed by atoms with E-state index in [2.05, 4.69) is 11.9 Å². The highest BCUT2D eigenvalue weighted by atomic mass is 16.5. The van der Waals surface area contributed by atoms with Gasteiger partial charge in [0.1, 0.15) is 5.75 Å². The maximum absolute atomic E-state index is 5.97. The van der Waals surface area contributed by atoms with Crippen LogP contribution in [0, 0.1) is 0 Å². The summed E-state index contributed by atoms with van der Waals surface area (Å²) in [5.41, 5.74) is 7.88. The van der Waals surface area contributed by atoms with Crippen molar-refractivity contribution >= 4 is 5.69 Å². The van der Waals surface area contributed by atoms with Crippen molar-refractivity contribution in [1.82, 2.24) is 4.90 Å². The van der Waals surface area contributed by atoms with Crippen LogP contribution >= 0.6 is 0 Å². The average molecular weight is 238 g/mol. The van der Waals surface area contributed by atoms with Gasteiger partial charge >= 0.3 is 0 Å². The van der Waals surface area contributed by atoms with Crippen molar-refractivity contribution in [1.29, 1.82) is 0 Å². The summed E-state index contributed by atoms with van der Waals surface area (Å²) >= 11 is 0. The number of hydrogen-bond acceptors (Lipinski definition) is 4. The van der Waals surface area contributed by atoms with E-state index < -0.39 is 0 Å². The number of nitrogen functional groups attached to an aromatic ring is 1. The van der Waals surface area contributed by atoms with Crippen LogP contribution in [0.5, 0.6) is 5.75 Å². The van der Waals surface area contributed by atoms with Gasteiger partial charge in [0.25, 0.3) is 0 Å². The summed E-state index contributed by atoms with van der Waals surface area (Å²) in [6, 6.07) is 5.81. The first-order valence-corrected chi connectivity index (χ1v) is 5.77. The fourth-order valence-corrected chi connectivity index (χ4v) is 1.69. The van der Waals surface area contributed by atoms with E-state index in [0.717, 1.165) is 43.1 Å². The zero-order valence-corrected chi connectivity index (χ0v) is 10.9. The molecule has 0 bridgehead atoms. The summed E-state index contributed by atoms with van der Waals surface area (Å²) in [6.07, 6.45) is 1.03. The van der Waals surface area contributed by atoms with Crippen molar-refractivity contribution in [2.45, 2.75) is 13.0 Å². The second-order valence-corrected chi connectivity index (χ2v) is 4.15. The van der Waals surface area contributed by atoms with Crippen LogP contribution in [-0.4, -0.2) is 39.3 Å². The number of hydrogen-bond donors (Lipinski definition) is 1. The normalized spacial score (nSPS) is 10.8. The molecule has 0 spiro atoms. The summed E-state index contributed by atoms with van der Waals surface area (Å²) in [5.74, 6) is 0.799. The highest BCUT2D eigenvalue weighted by Gasteiger charge is 2.04. The van der Waals surface area contributed by atoms with Gasteiger partial charge in [0.15, 0.2) is 0 Å². The van der Waals surface area contributed by atoms with Gasteiger partial charge in [-0.15, -0.1) is 0 Å². The van der Waals surface area contributed by atoms with Gasteiger partial charge in [-0.3, -0.25) is 0 Å².